The summed E-state index contributed by atoms with van der Waals surface area (Å²) in [5, 5.41) is 3.69. The van der Waals surface area contributed by atoms with E-state index in [0.717, 1.165) is 6.54 Å². The summed E-state index contributed by atoms with van der Waals surface area (Å²) in [5.41, 5.74) is 0.961. The van der Waals surface area contributed by atoms with Gasteiger partial charge in [0.05, 0.1) is 11.7 Å². The molecule has 2 rings (SSSR count). The summed E-state index contributed by atoms with van der Waals surface area (Å²) in [7, 11) is 0. The Morgan fingerprint density at radius 2 is 1.62 bits per heavy atom. The molecule has 2 aliphatic rings. The molecule has 2 nitrogen and oxygen atoms in total. The van der Waals surface area contributed by atoms with Crippen molar-refractivity contribution < 1.29 is 4.74 Å². The first-order chi connectivity index (χ1) is 7.17. The van der Waals surface area contributed by atoms with Gasteiger partial charge in [-0.3, -0.25) is 0 Å². The van der Waals surface area contributed by atoms with Crippen LogP contribution in [0.15, 0.2) is 0 Å². The van der Waals surface area contributed by atoms with Gasteiger partial charge >= 0.3 is 0 Å². The Kier molecular flexibility index (Phi) is 2.67. The zero-order chi connectivity index (χ0) is 12.2. The lowest BCUT2D eigenvalue weighted by Gasteiger charge is -2.19. The highest BCUT2D eigenvalue weighted by molar-refractivity contribution is 5.17. The average Bonchev–Trinajstić information content (AvgIpc) is 2.43. The molecular formula is C14H27NO. The van der Waals surface area contributed by atoms with Gasteiger partial charge in [-0.25, -0.2) is 0 Å². The highest BCUT2D eigenvalue weighted by atomic mass is 16.5. The van der Waals surface area contributed by atoms with Crippen LogP contribution in [0.1, 0.15) is 54.4 Å². The predicted molar refractivity (Wildman–Crippen MR) is 67.5 cm³/mol. The van der Waals surface area contributed by atoms with Crippen molar-refractivity contribution in [3.63, 3.8) is 0 Å². The summed E-state index contributed by atoms with van der Waals surface area (Å²) in [6.07, 6.45) is 2.81. The first-order valence-corrected chi connectivity index (χ1v) is 6.58. The second kappa shape index (κ2) is 3.46. The maximum atomic E-state index is 6.00. The third-order valence-corrected chi connectivity index (χ3v) is 5.12. The molecule has 0 amide bonds. The van der Waals surface area contributed by atoms with E-state index in [2.05, 4.69) is 46.9 Å². The second-order valence-electron chi connectivity index (χ2n) is 7.32. The lowest BCUT2D eigenvalue weighted by Crippen LogP contribution is -2.33. The van der Waals surface area contributed by atoms with Gasteiger partial charge in [0.1, 0.15) is 0 Å². The Morgan fingerprint density at radius 1 is 1.06 bits per heavy atom. The second-order valence-corrected chi connectivity index (χ2v) is 7.32. The number of hydrogen-bond donors (Lipinski definition) is 1. The van der Waals surface area contributed by atoms with E-state index in [4.69, 9.17) is 4.74 Å². The van der Waals surface area contributed by atoms with Crippen molar-refractivity contribution in [3.05, 3.63) is 0 Å². The van der Waals surface area contributed by atoms with Crippen LogP contribution in [0.5, 0.6) is 0 Å². The fourth-order valence-electron chi connectivity index (χ4n) is 3.18. The average molecular weight is 225 g/mol. The van der Waals surface area contributed by atoms with Crippen molar-refractivity contribution in [2.45, 2.75) is 72.1 Å². The van der Waals surface area contributed by atoms with Gasteiger partial charge in [0, 0.05) is 12.6 Å². The molecule has 1 saturated carbocycles. The smallest absolute Gasteiger partial charge is 0.0707 e. The molecule has 1 unspecified atom stereocenters. The Bertz CT molecular complexity index is 266. The van der Waals surface area contributed by atoms with E-state index < -0.39 is 0 Å². The monoisotopic (exact) mass is 225 g/mol. The van der Waals surface area contributed by atoms with Crippen LogP contribution in [-0.4, -0.2) is 24.3 Å². The summed E-state index contributed by atoms with van der Waals surface area (Å²) >= 11 is 0. The molecule has 1 atom stereocenters. The molecule has 94 valence electrons. The fourth-order valence-corrected chi connectivity index (χ4v) is 3.18. The highest BCUT2D eigenvalue weighted by Gasteiger charge is 2.64. The predicted octanol–water partition coefficient (Wildman–Crippen LogP) is 2.97. The topological polar surface area (TPSA) is 21.3 Å². The zero-order valence-electron chi connectivity index (χ0n) is 11.7. The number of rotatable bonds is 3. The molecule has 16 heavy (non-hydrogen) atoms. The molecule has 0 aromatic heterocycles. The molecular weight excluding hydrogens is 198 g/mol. The Balaban J connectivity index is 1.79. The van der Waals surface area contributed by atoms with Crippen LogP contribution in [-0.2, 0) is 4.74 Å². The van der Waals surface area contributed by atoms with E-state index in [9.17, 15) is 0 Å². The quantitative estimate of drug-likeness (QED) is 0.797. The van der Waals surface area contributed by atoms with Crippen molar-refractivity contribution in [3.8, 4) is 0 Å². The standard InChI is InChI=1S/C14H27NO/c1-12(2)8-7-10(16-12)9-15-11-13(3,4)14(11,5)6/h10-11,15H,7-9H2,1-6H3. The van der Waals surface area contributed by atoms with Gasteiger partial charge < -0.3 is 10.1 Å². The molecule has 1 saturated heterocycles. The van der Waals surface area contributed by atoms with Crippen LogP contribution in [0, 0.1) is 10.8 Å². The molecule has 0 aromatic carbocycles. The minimum Gasteiger partial charge on any atom is -0.371 e. The van der Waals surface area contributed by atoms with Crippen molar-refractivity contribution in [1.29, 1.82) is 0 Å². The van der Waals surface area contributed by atoms with Crippen LogP contribution in [0.25, 0.3) is 0 Å². The zero-order valence-corrected chi connectivity index (χ0v) is 11.7. The molecule has 1 heterocycles. The van der Waals surface area contributed by atoms with Crippen LogP contribution >= 0.6 is 0 Å². The molecule has 1 N–H and O–H groups in total. The summed E-state index contributed by atoms with van der Waals surface area (Å²) < 4.78 is 6.00. The van der Waals surface area contributed by atoms with Crippen LogP contribution in [0.4, 0.5) is 0 Å². The van der Waals surface area contributed by atoms with E-state index in [1.165, 1.54) is 12.8 Å². The van der Waals surface area contributed by atoms with Crippen molar-refractivity contribution in [2.75, 3.05) is 6.54 Å². The molecule has 1 aliphatic heterocycles. The van der Waals surface area contributed by atoms with E-state index >= 15 is 0 Å². The normalized spacial score (nSPS) is 35.2. The molecule has 2 fully saturated rings. The van der Waals surface area contributed by atoms with Gasteiger partial charge in [0.15, 0.2) is 0 Å². The summed E-state index contributed by atoms with van der Waals surface area (Å²) in [6.45, 7) is 14.8. The Morgan fingerprint density at radius 3 is 2.00 bits per heavy atom. The van der Waals surface area contributed by atoms with Gasteiger partial charge in [0.2, 0.25) is 0 Å². The summed E-state index contributed by atoms with van der Waals surface area (Å²) in [6, 6.07) is 0.646. The van der Waals surface area contributed by atoms with Crippen molar-refractivity contribution in [2.24, 2.45) is 10.8 Å². The van der Waals surface area contributed by atoms with E-state index in [1.807, 2.05) is 0 Å². The maximum absolute atomic E-state index is 6.00. The Hall–Kier alpha value is -0.0800. The molecule has 1 aliphatic carbocycles. The van der Waals surface area contributed by atoms with Crippen LogP contribution in [0.2, 0.25) is 0 Å². The number of ether oxygens (including phenoxy) is 1. The number of hydrogen-bond acceptors (Lipinski definition) is 2. The SMILES string of the molecule is CC1(C)CCC(CNC2C(C)(C)C2(C)C)O1. The molecule has 0 radical (unpaired) electrons. The summed E-state index contributed by atoms with van der Waals surface area (Å²) in [4.78, 5) is 0. The molecule has 0 spiro atoms. The Labute approximate surface area is 100 Å². The highest BCUT2D eigenvalue weighted by Crippen LogP contribution is 2.62. The lowest BCUT2D eigenvalue weighted by molar-refractivity contribution is -0.0146. The minimum absolute atomic E-state index is 0.0981. The van der Waals surface area contributed by atoms with Gasteiger partial charge in [-0.2, -0.15) is 0 Å². The van der Waals surface area contributed by atoms with Crippen LogP contribution in [0.3, 0.4) is 0 Å². The third-order valence-electron chi connectivity index (χ3n) is 5.12. The fraction of sp³-hybridized carbons (Fsp3) is 1.00. The largest absolute Gasteiger partial charge is 0.371 e. The third kappa shape index (κ3) is 1.91. The van der Waals surface area contributed by atoms with Crippen molar-refractivity contribution in [1.82, 2.24) is 5.32 Å². The minimum atomic E-state index is 0.0981. The molecule has 0 aromatic rings. The van der Waals surface area contributed by atoms with Crippen molar-refractivity contribution >= 4 is 0 Å². The first-order valence-electron chi connectivity index (χ1n) is 6.58. The summed E-state index contributed by atoms with van der Waals surface area (Å²) in [5.74, 6) is 0. The first kappa shape index (κ1) is 12.4. The van der Waals surface area contributed by atoms with Gasteiger partial charge in [-0.15, -0.1) is 0 Å². The molecule has 2 heteroatoms. The van der Waals surface area contributed by atoms with Gasteiger partial charge in [-0.1, -0.05) is 27.7 Å². The van der Waals surface area contributed by atoms with E-state index in [1.54, 1.807) is 0 Å². The maximum Gasteiger partial charge on any atom is 0.0707 e. The van der Waals surface area contributed by atoms with Gasteiger partial charge in [-0.05, 0) is 37.5 Å². The van der Waals surface area contributed by atoms with E-state index in [-0.39, 0.29) is 5.60 Å². The number of nitrogens with one attached hydrogen (secondary N) is 1. The molecule has 0 bridgehead atoms. The van der Waals surface area contributed by atoms with Crippen LogP contribution < -0.4 is 5.32 Å². The van der Waals surface area contributed by atoms with E-state index in [0.29, 0.717) is 23.0 Å². The van der Waals surface area contributed by atoms with Gasteiger partial charge in [0.25, 0.3) is 0 Å². The lowest BCUT2D eigenvalue weighted by atomic mass is 10.0.